The van der Waals surface area contributed by atoms with Gasteiger partial charge in [-0.3, -0.25) is 9.59 Å². The third-order valence-corrected chi connectivity index (χ3v) is 5.34. The molecule has 5 nitrogen and oxygen atoms in total. The first-order valence-corrected chi connectivity index (χ1v) is 9.81. The van der Waals surface area contributed by atoms with Crippen LogP contribution in [0.2, 0.25) is 0 Å². The van der Waals surface area contributed by atoms with Crippen molar-refractivity contribution in [3.8, 4) is 5.75 Å². The molecule has 2 aromatic rings. The first kappa shape index (κ1) is 19.9. The van der Waals surface area contributed by atoms with Gasteiger partial charge in [-0.1, -0.05) is 36.8 Å². The summed E-state index contributed by atoms with van der Waals surface area (Å²) in [6.07, 6.45) is 0.887. The summed E-state index contributed by atoms with van der Waals surface area (Å²) >= 11 is 0. The van der Waals surface area contributed by atoms with Crippen LogP contribution in [0, 0.1) is 12.8 Å². The quantitative estimate of drug-likeness (QED) is 0.836. The molecule has 1 saturated heterocycles. The molecular formula is C23H28N2O3. The number of carbonyl (C=O) groups is 2. The molecule has 3 rings (SSSR count). The summed E-state index contributed by atoms with van der Waals surface area (Å²) in [5.41, 5.74) is 2.83. The number of nitrogens with zero attached hydrogens (tertiary/aromatic N) is 1. The van der Waals surface area contributed by atoms with Crippen molar-refractivity contribution in [1.29, 1.82) is 0 Å². The van der Waals surface area contributed by atoms with E-state index < -0.39 is 0 Å². The Labute approximate surface area is 166 Å². The number of rotatable bonds is 6. The van der Waals surface area contributed by atoms with E-state index >= 15 is 0 Å². The Bertz CT molecular complexity index is 815. The highest BCUT2D eigenvalue weighted by molar-refractivity contribution is 5.95. The zero-order valence-corrected chi connectivity index (χ0v) is 16.8. The summed E-state index contributed by atoms with van der Waals surface area (Å²) in [5.74, 6) is 0.485. The SMILES string of the molecule is CCCNC(=O)C1CN(C(=O)c2ccc(C)cc2)CC1c1ccc(OC)cc1. The van der Waals surface area contributed by atoms with Crippen molar-refractivity contribution in [3.63, 3.8) is 0 Å². The molecule has 1 aliphatic heterocycles. The smallest absolute Gasteiger partial charge is 0.253 e. The second kappa shape index (κ2) is 8.91. The van der Waals surface area contributed by atoms with Crippen LogP contribution in [0.25, 0.3) is 0 Å². The molecule has 148 valence electrons. The van der Waals surface area contributed by atoms with E-state index in [1.54, 1.807) is 12.0 Å². The van der Waals surface area contributed by atoms with E-state index in [9.17, 15) is 9.59 Å². The van der Waals surface area contributed by atoms with E-state index in [0.717, 1.165) is 23.3 Å². The normalized spacial score (nSPS) is 18.8. The Kier molecular flexibility index (Phi) is 6.34. The number of carbonyl (C=O) groups excluding carboxylic acids is 2. The lowest BCUT2D eigenvalue weighted by molar-refractivity contribution is -0.124. The van der Waals surface area contributed by atoms with E-state index in [4.69, 9.17) is 4.74 Å². The molecule has 2 amide bonds. The first-order valence-electron chi connectivity index (χ1n) is 9.81. The second-order valence-electron chi connectivity index (χ2n) is 7.35. The third-order valence-electron chi connectivity index (χ3n) is 5.34. The number of methoxy groups -OCH3 is 1. The Morgan fingerprint density at radius 2 is 1.75 bits per heavy atom. The number of ether oxygens (including phenoxy) is 1. The van der Waals surface area contributed by atoms with Crippen molar-refractivity contribution in [2.45, 2.75) is 26.2 Å². The van der Waals surface area contributed by atoms with Gasteiger partial charge in [-0.2, -0.15) is 0 Å². The van der Waals surface area contributed by atoms with Gasteiger partial charge >= 0.3 is 0 Å². The van der Waals surface area contributed by atoms with Gasteiger partial charge in [0.25, 0.3) is 5.91 Å². The Hall–Kier alpha value is -2.82. The molecular weight excluding hydrogens is 352 g/mol. The zero-order chi connectivity index (χ0) is 20.1. The highest BCUT2D eigenvalue weighted by Gasteiger charge is 2.40. The monoisotopic (exact) mass is 380 g/mol. The van der Waals surface area contributed by atoms with Crippen molar-refractivity contribution in [2.24, 2.45) is 5.92 Å². The van der Waals surface area contributed by atoms with Crippen LogP contribution in [0.3, 0.4) is 0 Å². The van der Waals surface area contributed by atoms with E-state index in [2.05, 4.69) is 5.32 Å². The summed E-state index contributed by atoms with van der Waals surface area (Å²) < 4.78 is 5.24. The second-order valence-corrected chi connectivity index (χ2v) is 7.35. The van der Waals surface area contributed by atoms with Crippen LogP contribution < -0.4 is 10.1 Å². The average Bonchev–Trinajstić information content (AvgIpc) is 3.17. The lowest BCUT2D eigenvalue weighted by Gasteiger charge is -2.18. The Morgan fingerprint density at radius 1 is 1.07 bits per heavy atom. The van der Waals surface area contributed by atoms with Crippen LogP contribution in [0.1, 0.15) is 40.7 Å². The fraction of sp³-hybridized carbons (Fsp3) is 0.391. The summed E-state index contributed by atoms with van der Waals surface area (Å²) in [4.78, 5) is 27.6. The van der Waals surface area contributed by atoms with Crippen molar-refractivity contribution in [3.05, 3.63) is 65.2 Å². The maximum atomic E-state index is 13.0. The third kappa shape index (κ3) is 4.35. The van der Waals surface area contributed by atoms with E-state index in [1.807, 2.05) is 62.4 Å². The van der Waals surface area contributed by atoms with Crippen molar-refractivity contribution >= 4 is 11.8 Å². The molecule has 5 heteroatoms. The highest BCUT2D eigenvalue weighted by Crippen LogP contribution is 2.34. The summed E-state index contributed by atoms with van der Waals surface area (Å²) in [6.45, 7) is 5.64. The van der Waals surface area contributed by atoms with Crippen LogP contribution in [-0.2, 0) is 4.79 Å². The lowest BCUT2D eigenvalue weighted by atomic mass is 9.88. The van der Waals surface area contributed by atoms with Gasteiger partial charge in [-0.15, -0.1) is 0 Å². The van der Waals surface area contributed by atoms with E-state index in [-0.39, 0.29) is 23.7 Å². The van der Waals surface area contributed by atoms with Gasteiger partial charge in [-0.25, -0.2) is 0 Å². The molecule has 1 heterocycles. The molecule has 0 radical (unpaired) electrons. The summed E-state index contributed by atoms with van der Waals surface area (Å²) in [6, 6.07) is 15.4. The molecule has 2 unspecified atom stereocenters. The molecule has 0 bridgehead atoms. The summed E-state index contributed by atoms with van der Waals surface area (Å²) in [5, 5.41) is 3.00. The van der Waals surface area contributed by atoms with Gasteiger partial charge < -0.3 is 15.0 Å². The van der Waals surface area contributed by atoms with Crippen molar-refractivity contribution in [2.75, 3.05) is 26.7 Å². The topological polar surface area (TPSA) is 58.6 Å². The molecule has 0 saturated carbocycles. The molecule has 1 N–H and O–H groups in total. The Morgan fingerprint density at radius 3 is 2.36 bits per heavy atom. The predicted molar refractivity (Wildman–Crippen MR) is 110 cm³/mol. The Balaban J connectivity index is 1.83. The summed E-state index contributed by atoms with van der Waals surface area (Å²) in [7, 11) is 1.63. The number of hydrogen-bond acceptors (Lipinski definition) is 3. The molecule has 1 aliphatic rings. The van der Waals surface area contributed by atoms with Crippen LogP contribution in [-0.4, -0.2) is 43.5 Å². The number of hydrogen-bond donors (Lipinski definition) is 1. The van der Waals surface area contributed by atoms with Crippen LogP contribution in [0.4, 0.5) is 0 Å². The predicted octanol–water partition coefficient (Wildman–Crippen LogP) is 3.39. The highest BCUT2D eigenvalue weighted by atomic mass is 16.5. The lowest BCUT2D eigenvalue weighted by Crippen LogP contribution is -2.36. The van der Waals surface area contributed by atoms with Gasteiger partial charge in [0.2, 0.25) is 5.91 Å². The number of likely N-dealkylation sites (tertiary alicyclic amines) is 1. The fourth-order valence-electron chi connectivity index (χ4n) is 3.68. The number of aryl methyl sites for hydroxylation is 1. The van der Waals surface area contributed by atoms with Crippen molar-refractivity contribution in [1.82, 2.24) is 10.2 Å². The van der Waals surface area contributed by atoms with Gasteiger partial charge in [0.05, 0.1) is 13.0 Å². The van der Waals surface area contributed by atoms with Crippen LogP contribution in [0.15, 0.2) is 48.5 Å². The van der Waals surface area contributed by atoms with Crippen LogP contribution >= 0.6 is 0 Å². The molecule has 1 fully saturated rings. The van der Waals surface area contributed by atoms with Gasteiger partial charge in [0, 0.05) is 31.1 Å². The fourth-order valence-corrected chi connectivity index (χ4v) is 3.68. The first-order chi connectivity index (χ1) is 13.5. The van der Waals surface area contributed by atoms with Crippen molar-refractivity contribution < 1.29 is 14.3 Å². The van der Waals surface area contributed by atoms with Gasteiger partial charge in [0.15, 0.2) is 0 Å². The molecule has 0 spiro atoms. The van der Waals surface area contributed by atoms with Gasteiger partial charge in [0.1, 0.15) is 5.75 Å². The minimum absolute atomic E-state index is 0.0156. The van der Waals surface area contributed by atoms with Crippen LogP contribution in [0.5, 0.6) is 5.75 Å². The number of benzene rings is 2. The average molecular weight is 380 g/mol. The maximum Gasteiger partial charge on any atom is 0.253 e. The number of nitrogens with one attached hydrogen (secondary N) is 1. The largest absolute Gasteiger partial charge is 0.497 e. The molecule has 28 heavy (non-hydrogen) atoms. The molecule has 0 aliphatic carbocycles. The standard InChI is InChI=1S/C23H28N2O3/c1-4-13-24-22(26)21-15-25(23(27)18-7-5-16(2)6-8-18)14-20(21)17-9-11-19(28-3)12-10-17/h5-12,20-21H,4,13-15H2,1-3H3,(H,24,26). The maximum absolute atomic E-state index is 13.0. The van der Waals surface area contributed by atoms with E-state index in [1.165, 1.54) is 0 Å². The minimum atomic E-state index is -0.255. The zero-order valence-electron chi connectivity index (χ0n) is 16.8. The molecule has 0 aromatic heterocycles. The molecule has 2 aromatic carbocycles. The van der Waals surface area contributed by atoms with Gasteiger partial charge in [-0.05, 0) is 43.2 Å². The number of amides is 2. The van der Waals surface area contributed by atoms with E-state index in [0.29, 0.717) is 25.2 Å². The minimum Gasteiger partial charge on any atom is -0.497 e. The molecule has 2 atom stereocenters.